The van der Waals surface area contributed by atoms with Crippen molar-refractivity contribution in [2.75, 3.05) is 0 Å². The Morgan fingerprint density at radius 2 is 1.73 bits per heavy atom. The molecule has 0 amide bonds. The number of hydrogen-bond acceptors (Lipinski definition) is 3. The van der Waals surface area contributed by atoms with Crippen molar-refractivity contribution in [2.24, 2.45) is 4.99 Å². The average Bonchev–Trinajstić information content (AvgIpc) is 2.90. The van der Waals surface area contributed by atoms with Gasteiger partial charge in [-0.05, 0) is 35.9 Å². The molecule has 2 aromatic carbocycles. The van der Waals surface area contributed by atoms with E-state index < -0.39 is 5.97 Å². The Labute approximate surface area is 127 Å². The minimum absolute atomic E-state index is 0.185. The third-order valence-corrected chi connectivity index (χ3v) is 3.05. The van der Waals surface area contributed by atoms with Gasteiger partial charge in [-0.2, -0.15) is 0 Å². The van der Waals surface area contributed by atoms with Crippen LogP contribution in [-0.4, -0.2) is 11.9 Å². The summed E-state index contributed by atoms with van der Waals surface area (Å²) in [5.74, 6) is -0.684. The summed E-state index contributed by atoms with van der Waals surface area (Å²) >= 11 is 0. The molecule has 0 saturated heterocycles. The first-order valence-electron chi connectivity index (χ1n) is 6.72. The molecule has 0 atom stereocenters. The van der Waals surface area contributed by atoms with Crippen LogP contribution in [0.5, 0.6) is 0 Å². The van der Waals surface area contributed by atoms with Crippen LogP contribution < -0.4 is 0 Å². The molecule has 22 heavy (non-hydrogen) atoms. The number of carbonyl (C=O) groups is 1. The van der Waals surface area contributed by atoms with E-state index in [4.69, 9.17) is 4.74 Å². The van der Waals surface area contributed by atoms with Crippen LogP contribution in [0.3, 0.4) is 0 Å². The van der Waals surface area contributed by atoms with E-state index in [-0.39, 0.29) is 17.4 Å². The molecule has 0 saturated carbocycles. The second-order valence-electron chi connectivity index (χ2n) is 4.64. The van der Waals surface area contributed by atoms with Crippen LogP contribution in [0.15, 0.2) is 77.4 Å². The molecule has 1 aliphatic rings. The Bertz CT molecular complexity index is 774. The first-order valence-corrected chi connectivity index (χ1v) is 6.72. The second kappa shape index (κ2) is 6.18. The van der Waals surface area contributed by atoms with E-state index in [9.17, 15) is 9.18 Å². The largest absolute Gasteiger partial charge is 0.402 e. The van der Waals surface area contributed by atoms with E-state index in [1.807, 2.05) is 36.4 Å². The number of allylic oxidation sites excluding steroid dienone is 2. The van der Waals surface area contributed by atoms with Crippen molar-refractivity contribution < 1.29 is 13.9 Å². The summed E-state index contributed by atoms with van der Waals surface area (Å²) in [6.45, 7) is 0. The zero-order valence-electron chi connectivity index (χ0n) is 11.6. The van der Waals surface area contributed by atoms with Crippen molar-refractivity contribution >= 4 is 17.9 Å². The third-order valence-electron chi connectivity index (χ3n) is 3.05. The predicted octanol–water partition coefficient (Wildman–Crippen LogP) is 3.73. The monoisotopic (exact) mass is 293 g/mol. The molecule has 1 aliphatic heterocycles. The van der Waals surface area contributed by atoms with Crippen molar-refractivity contribution in [3.8, 4) is 0 Å². The lowest BCUT2D eigenvalue weighted by Gasteiger charge is -1.98. The van der Waals surface area contributed by atoms with E-state index in [1.54, 1.807) is 12.2 Å². The van der Waals surface area contributed by atoms with Crippen LogP contribution in [0.2, 0.25) is 0 Å². The smallest absolute Gasteiger partial charge is 0.363 e. The molecule has 0 bridgehead atoms. The Morgan fingerprint density at radius 3 is 2.45 bits per heavy atom. The number of benzene rings is 2. The lowest BCUT2D eigenvalue weighted by Crippen LogP contribution is -2.05. The lowest BCUT2D eigenvalue weighted by atomic mass is 10.2. The maximum atomic E-state index is 12.9. The standard InChI is InChI=1S/C18H12FNO2/c19-15-11-9-14(10-12-15)17-20-16(18(21)22-17)8-4-7-13-5-2-1-3-6-13/h1-12H. The molecular weight excluding hydrogens is 281 g/mol. The van der Waals surface area contributed by atoms with Crippen molar-refractivity contribution in [2.45, 2.75) is 0 Å². The van der Waals surface area contributed by atoms with Crippen LogP contribution in [-0.2, 0) is 9.53 Å². The van der Waals surface area contributed by atoms with Crippen LogP contribution in [0.4, 0.5) is 4.39 Å². The van der Waals surface area contributed by atoms with Gasteiger partial charge in [-0.25, -0.2) is 14.2 Å². The summed E-state index contributed by atoms with van der Waals surface area (Å²) in [5, 5.41) is 0. The first-order chi connectivity index (χ1) is 10.7. The van der Waals surface area contributed by atoms with Gasteiger partial charge in [0.1, 0.15) is 5.82 Å². The molecule has 0 spiro atoms. The van der Waals surface area contributed by atoms with Gasteiger partial charge in [0.05, 0.1) is 0 Å². The minimum atomic E-state index is -0.517. The zero-order valence-corrected chi connectivity index (χ0v) is 11.6. The fourth-order valence-electron chi connectivity index (χ4n) is 1.95. The number of cyclic esters (lactones) is 1. The molecule has 3 rings (SSSR count). The second-order valence-corrected chi connectivity index (χ2v) is 4.64. The Balaban J connectivity index is 1.79. The first kappa shape index (κ1) is 13.9. The van der Waals surface area contributed by atoms with Crippen molar-refractivity contribution in [1.82, 2.24) is 0 Å². The van der Waals surface area contributed by atoms with E-state index in [0.29, 0.717) is 5.56 Å². The minimum Gasteiger partial charge on any atom is -0.402 e. The van der Waals surface area contributed by atoms with E-state index in [2.05, 4.69) is 4.99 Å². The molecule has 3 nitrogen and oxygen atoms in total. The number of esters is 1. The molecule has 108 valence electrons. The van der Waals surface area contributed by atoms with Crippen LogP contribution in [0.1, 0.15) is 11.1 Å². The zero-order chi connectivity index (χ0) is 15.4. The summed E-state index contributed by atoms with van der Waals surface area (Å²) < 4.78 is 18.0. The van der Waals surface area contributed by atoms with Crippen LogP contribution in [0, 0.1) is 5.82 Å². The molecule has 0 fully saturated rings. The highest BCUT2D eigenvalue weighted by atomic mass is 19.1. The SMILES string of the molecule is O=C1OC(c2ccc(F)cc2)=NC1=CC=Cc1ccccc1. The summed E-state index contributed by atoms with van der Waals surface area (Å²) in [5.41, 5.74) is 1.80. The van der Waals surface area contributed by atoms with Crippen molar-refractivity contribution in [1.29, 1.82) is 0 Å². The lowest BCUT2D eigenvalue weighted by molar-refractivity contribution is -0.130. The average molecular weight is 293 g/mol. The molecule has 0 N–H and O–H groups in total. The topological polar surface area (TPSA) is 38.7 Å². The quantitative estimate of drug-likeness (QED) is 0.639. The Kier molecular flexibility index (Phi) is 3.92. The van der Waals surface area contributed by atoms with Crippen molar-refractivity contribution in [3.05, 3.63) is 89.4 Å². The highest BCUT2D eigenvalue weighted by Crippen LogP contribution is 2.17. The van der Waals surface area contributed by atoms with E-state index in [1.165, 1.54) is 24.3 Å². The van der Waals surface area contributed by atoms with E-state index >= 15 is 0 Å². The molecule has 0 unspecified atom stereocenters. The van der Waals surface area contributed by atoms with Gasteiger partial charge < -0.3 is 4.74 Å². The van der Waals surface area contributed by atoms with Gasteiger partial charge in [0.2, 0.25) is 5.90 Å². The van der Waals surface area contributed by atoms with Crippen LogP contribution in [0.25, 0.3) is 6.08 Å². The van der Waals surface area contributed by atoms with Gasteiger partial charge in [0.25, 0.3) is 0 Å². The molecule has 0 aliphatic carbocycles. The number of rotatable bonds is 3. The van der Waals surface area contributed by atoms with Gasteiger partial charge in [-0.15, -0.1) is 0 Å². The molecule has 1 heterocycles. The fourth-order valence-corrected chi connectivity index (χ4v) is 1.95. The van der Waals surface area contributed by atoms with Gasteiger partial charge in [0.15, 0.2) is 5.70 Å². The number of nitrogens with zero attached hydrogens (tertiary/aromatic N) is 1. The highest BCUT2D eigenvalue weighted by molar-refractivity contribution is 6.11. The Morgan fingerprint density at radius 1 is 1.00 bits per heavy atom. The predicted molar refractivity (Wildman–Crippen MR) is 82.6 cm³/mol. The molecular formula is C18H12FNO2. The van der Waals surface area contributed by atoms with Gasteiger partial charge in [-0.3, -0.25) is 0 Å². The summed E-state index contributed by atoms with van der Waals surface area (Å²) in [6.07, 6.45) is 5.20. The summed E-state index contributed by atoms with van der Waals surface area (Å²) in [6, 6.07) is 15.3. The molecule has 0 aromatic heterocycles. The maximum absolute atomic E-state index is 12.9. The number of ether oxygens (including phenoxy) is 1. The normalized spacial score (nSPS) is 16.1. The number of halogens is 1. The Hall–Kier alpha value is -3.01. The molecule has 0 radical (unpaired) electrons. The molecule has 2 aromatic rings. The van der Waals surface area contributed by atoms with Crippen molar-refractivity contribution in [3.63, 3.8) is 0 Å². The maximum Gasteiger partial charge on any atom is 0.363 e. The van der Waals surface area contributed by atoms with Gasteiger partial charge in [0, 0.05) is 5.56 Å². The third kappa shape index (κ3) is 3.17. The number of aliphatic imine (C=N–C) groups is 1. The molecule has 4 heteroatoms. The summed E-state index contributed by atoms with van der Waals surface area (Å²) in [4.78, 5) is 15.9. The highest BCUT2D eigenvalue weighted by Gasteiger charge is 2.23. The van der Waals surface area contributed by atoms with Crippen LogP contribution >= 0.6 is 0 Å². The number of carbonyl (C=O) groups excluding carboxylic acids is 1. The summed E-state index contributed by atoms with van der Waals surface area (Å²) in [7, 11) is 0. The van der Waals surface area contributed by atoms with Gasteiger partial charge in [-0.1, -0.05) is 42.5 Å². The van der Waals surface area contributed by atoms with E-state index in [0.717, 1.165) is 5.56 Å². The fraction of sp³-hybridized carbons (Fsp3) is 0. The van der Waals surface area contributed by atoms with Gasteiger partial charge >= 0.3 is 5.97 Å². The number of hydrogen-bond donors (Lipinski definition) is 0.